The fourth-order valence-electron chi connectivity index (χ4n) is 2.33. The molecule has 22 heavy (non-hydrogen) atoms. The lowest BCUT2D eigenvalue weighted by atomic mass is 10.2. The Morgan fingerprint density at radius 3 is 2.91 bits per heavy atom. The number of nitrogens with zero attached hydrogens (tertiary/aromatic N) is 1. The third kappa shape index (κ3) is 4.68. The van der Waals surface area contributed by atoms with Crippen LogP contribution in [0, 0.1) is 0 Å². The summed E-state index contributed by atoms with van der Waals surface area (Å²) < 4.78 is 28.5. The van der Waals surface area contributed by atoms with Crippen LogP contribution in [-0.2, 0) is 4.79 Å². The Morgan fingerprint density at radius 2 is 2.23 bits per heavy atom. The normalized spacial score (nSPS) is 14.5. The van der Waals surface area contributed by atoms with Gasteiger partial charge in [0, 0.05) is 31.6 Å². The molecule has 1 aliphatic rings. The minimum atomic E-state index is -2.92. The molecule has 5 nitrogen and oxygen atoms in total. The molecule has 1 saturated heterocycles. The molecule has 0 bridgehead atoms. The van der Waals surface area contributed by atoms with Crippen molar-refractivity contribution in [1.29, 1.82) is 0 Å². The van der Waals surface area contributed by atoms with Crippen LogP contribution in [0.3, 0.4) is 0 Å². The SMILES string of the molecule is O=C(NCCCN1CCCC1=O)c1cccc(OC(F)F)c1. The molecule has 1 heterocycles. The first-order chi connectivity index (χ1) is 10.6. The van der Waals surface area contributed by atoms with Crippen molar-refractivity contribution >= 4 is 11.8 Å². The van der Waals surface area contributed by atoms with E-state index in [9.17, 15) is 18.4 Å². The first-order valence-corrected chi connectivity index (χ1v) is 7.17. The second-order valence-electron chi connectivity index (χ2n) is 5.00. The quantitative estimate of drug-likeness (QED) is 0.784. The van der Waals surface area contributed by atoms with Gasteiger partial charge in [-0.05, 0) is 31.0 Å². The van der Waals surface area contributed by atoms with Gasteiger partial charge in [-0.25, -0.2) is 0 Å². The Labute approximate surface area is 127 Å². The standard InChI is InChI=1S/C15H18F2N2O3/c16-15(17)22-12-5-1-4-11(10-12)14(21)18-7-3-9-19-8-2-6-13(19)20/h1,4-5,10,15H,2-3,6-9H2,(H,18,21). The van der Waals surface area contributed by atoms with Crippen LogP contribution in [0.15, 0.2) is 24.3 Å². The molecule has 2 amide bonds. The summed E-state index contributed by atoms with van der Waals surface area (Å²) in [7, 11) is 0. The van der Waals surface area contributed by atoms with Crippen LogP contribution in [-0.4, -0.2) is 43.0 Å². The molecule has 2 rings (SSSR count). The van der Waals surface area contributed by atoms with E-state index in [1.54, 1.807) is 4.90 Å². The Morgan fingerprint density at radius 1 is 1.41 bits per heavy atom. The molecule has 7 heteroatoms. The first kappa shape index (κ1) is 16.2. The van der Waals surface area contributed by atoms with Crippen molar-refractivity contribution in [3.63, 3.8) is 0 Å². The topological polar surface area (TPSA) is 58.6 Å². The molecule has 1 aliphatic heterocycles. The van der Waals surface area contributed by atoms with E-state index in [1.807, 2.05) is 0 Å². The van der Waals surface area contributed by atoms with Crippen LogP contribution in [0.2, 0.25) is 0 Å². The molecule has 0 aromatic heterocycles. The molecule has 0 saturated carbocycles. The van der Waals surface area contributed by atoms with E-state index in [2.05, 4.69) is 10.1 Å². The van der Waals surface area contributed by atoms with Gasteiger partial charge in [0.25, 0.3) is 5.91 Å². The summed E-state index contributed by atoms with van der Waals surface area (Å²) in [6.45, 7) is -1.10. The van der Waals surface area contributed by atoms with E-state index in [0.29, 0.717) is 25.9 Å². The second-order valence-corrected chi connectivity index (χ2v) is 5.00. The number of hydrogen-bond acceptors (Lipinski definition) is 3. The molecule has 0 aliphatic carbocycles. The van der Waals surface area contributed by atoms with Crippen molar-refractivity contribution in [3.8, 4) is 5.75 Å². The molecule has 0 atom stereocenters. The average molecular weight is 312 g/mol. The minimum absolute atomic E-state index is 0.0506. The Kier molecular flexibility index (Phi) is 5.68. The van der Waals surface area contributed by atoms with Crippen molar-refractivity contribution in [2.24, 2.45) is 0 Å². The highest BCUT2D eigenvalue weighted by Crippen LogP contribution is 2.16. The van der Waals surface area contributed by atoms with Crippen molar-refractivity contribution in [1.82, 2.24) is 10.2 Å². The van der Waals surface area contributed by atoms with Crippen molar-refractivity contribution < 1.29 is 23.1 Å². The molecular weight excluding hydrogens is 294 g/mol. The monoisotopic (exact) mass is 312 g/mol. The number of carbonyl (C=O) groups excluding carboxylic acids is 2. The predicted octanol–water partition coefficient (Wildman–Crippen LogP) is 2.03. The van der Waals surface area contributed by atoms with Crippen LogP contribution in [0.1, 0.15) is 29.6 Å². The summed E-state index contributed by atoms with van der Waals surface area (Å²) in [6, 6.07) is 5.64. The number of benzene rings is 1. The molecule has 0 unspecified atom stereocenters. The summed E-state index contributed by atoms with van der Waals surface area (Å²) in [5, 5.41) is 2.70. The van der Waals surface area contributed by atoms with Gasteiger partial charge in [0.15, 0.2) is 0 Å². The Hall–Kier alpha value is -2.18. The van der Waals surface area contributed by atoms with Gasteiger partial charge in [0.2, 0.25) is 5.91 Å². The summed E-state index contributed by atoms with van der Waals surface area (Å²) in [6.07, 6.45) is 2.15. The fraction of sp³-hybridized carbons (Fsp3) is 0.467. The van der Waals surface area contributed by atoms with Gasteiger partial charge >= 0.3 is 6.61 Å². The number of carbonyl (C=O) groups is 2. The molecule has 0 spiro atoms. The maximum Gasteiger partial charge on any atom is 0.387 e. The number of nitrogens with one attached hydrogen (secondary N) is 1. The summed E-state index contributed by atoms with van der Waals surface area (Å²) >= 11 is 0. The van der Waals surface area contributed by atoms with E-state index in [0.717, 1.165) is 13.0 Å². The van der Waals surface area contributed by atoms with E-state index in [1.165, 1.54) is 24.3 Å². The van der Waals surface area contributed by atoms with E-state index in [-0.39, 0.29) is 23.1 Å². The van der Waals surface area contributed by atoms with Crippen LogP contribution in [0.25, 0.3) is 0 Å². The van der Waals surface area contributed by atoms with E-state index < -0.39 is 6.61 Å². The van der Waals surface area contributed by atoms with Crippen LogP contribution < -0.4 is 10.1 Å². The number of likely N-dealkylation sites (tertiary alicyclic amines) is 1. The number of hydrogen-bond donors (Lipinski definition) is 1. The highest BCUT2D eigenvalue weighted by molar-refractivity contribution is 5.94. The summed E-state index contributed by atoms with van der Waals surface area (Å²) in [5.74, 6) is -0.249. The Balaban J connectivity index is 1.76. The molecule has 0 radical (unpaired) electrons. The molecule has 1 fully saturated rings. The van der Waals surface area contributed by atoms with Crippen molar-refractivity contribution in [2.45, 2.75) is 25.9 Å². The maximum atomic E-state index is 12.1. The predicted molar refractivity (Wildman–Crippen MR) is 75.8 cm³/mol. The molecule has 120 valence electrons. The highest BCUT2D eigenvalue weighted by Gasteiger charge is 2.19. The van der Waals surface area contributed by atoms with Crippen LogP contribution in [0.4, 0.5) is 8.78 Å². The smallest absolute Gasteiger partial charge is 0.387 e. The van der Waals surface area contributed by atoms with Gasteiger partial charge in [0.1, 0.15) is 5.75 Å². The maximum absolute atomic E-state index is 12.1. The van der Waals surface area contributed by atoms with Crippen molar-refractivity contribution in [3.05, 3.63) is 29.8 Å². The number of halogens is 2. The fourth-order valence-corrected chi connectivity index (χ4v) is 2.33. The zero-order valence-corrected chi connectivity index (χ0v) is 12.1. The second kappa shape index (κ2) is 7.72. The lowest BCUT2D eigenvalue weighted by Crippen LogP contribution is -2.30. The van der Waals surface area contributed by atoms with Crippen molar-refractivity contribution in [2.75, 3.05) is 19.6 Å². The molecular formula is C15H18F2N2O3. The third-order valence-corrected chi connectivity index (χ3v) is 3.38. The minimum Gasteiger partial charge on any atom is -0.435 e. The number of amides is 2. The number of rotatable bonds is 7. The van der Waals surface area contributed by atoms with Gasteiger partial charge < -0.3 is 15.0 Å². The van der Waals surface area contributed by atoms with E-state index in [4.69, 9.17) is 0 Å². The zero-order chi connectivity index (χ0) is 15.9. The van der Waals surface area contributed by atoms with Crippen LogP contribution in [0.5, 0.6) is 5.75 Å². The van der Waals surface area contributed by atoms with Gasteiger partial charge in [-0.3, -0.25) is 9.59 Å². The Bertz CT molecular complexity index is 537. The van der Waals surface area contributed by atoms with E-state index >= 15 is 0 Å². The zero-order valence-electron chi connectivity index (χ0n) is 12.1. The third-order valence-electron chi connectivity index (χ3n) is 3.38. The summed E-state index contributed by atoms with van der Waals surface area (Å²) in [5.41, 5.74) is 0.260. The van der Waals surface area contributed by atoms with Crippen LogP contribution >= 0.6 is 0 Å². The molecule has 1 N–H and O–H groups in total. The number of alkyl halides is 2. The highest BCUT2D eigenvalue weighted by atomic mass is 19.3. The summed E-state index contributed by atoms with van der Waals surface area (Å²) in [4.78, 5) is 25.1. The van der Waals surface area contributed by atoms with Gasteiger partial charge in [-0.15, -0.1) is 0 Å². The molecule has 1 aromatic rings. The number of ether oxygens (including phenoxy) is 1. The largest absolute Gasteiger partial charge is 0.435 e. The van der Waals surface area contributed by atoms with Gasteiger partial charge in [-0.2, -0.15) is 8.78 Å². The average Bonchev–Trinajstić information content (AvgIpc) is 2.88. The van der Waals surface area contributed by atoms with Gasteiger partial charge in [0.05, 0.1) is 0 Å². The lowest BCUT2D eigenvalue weighted by Gasteiger charge is -2.15. The first-order valence-electron chi connectivity index (χ1n) is 7.17. The lowest BCUT2D eigenvalue weighted by molar-refractivity contribution is -0.127. The van der Waals surface area contributed by atoms with Gasteiger partial charge in [-0.1, -0.05) is 6.07 Å². The molecule has 1 aromatic carbocycles.